The van der Waals surface area contributed by atoms with Gasteiger partial charge in [-0.3, -0.25) is 9.44 Å². The molecule has 0 radical (unpaired) electrons. The second-order valence-electron chi connectivity index (χ2n) is 6.19. The van der Waals surface area contributed by atoms with E-state index in [-0.39, 0.29) is 10.6 Å². The Kier molecular flexibility index (Phi) is 6.20. The van der Waals surface area contributed by atoms with E-state index in [2.05, 4.69) is 9.44 Å². The summed E-state index contributed by atoms with van der Waals surface area (Å²) < 4.78 is 67.9. The molecular weight excluding hydrogens is 471 g/mol. The van der Waals surface area contributed by atoms with Crippen molar-refractivity contribution in [2.45, 2.75) is 9.79 Å². The molecule has 0 heterocycles. The van der Waals surface area contributed by atoms with Gasteiger partial charge >= 0.3 is 5.97 Å². The van der Waals surface area contributed by atoms with Crippen LogP contribution in [0.5, 0.6) is 0 Å². The maximum atomic E-state index is 13.5. The van der Waals surface area contributed by atoms with Gasteiger partial charge in [-0.15, -0.1) is 0 Å². The Morgan fingerprint density at radius 2 is 1.23 bits per heavy atom. The van der Waals surface area contributed by atoms with Gasteiger partial charge in [0.1, 0.15) is 5.82 Å². The highest BCUT2D eigenvalue weighted by Gasteiger charge is 2.20. The lowest BCUT2D eigenvalue weighted by Gasteiger charge is -2.11. The first-order valence-electron chi connectivity index (χ1n) is 8.42. The number of benzene rings is 3. The van der Waals surface area contributed by atoms with Crippen molar-refractivity contribution in [1.29, 1.82) is 0 Å². The van der Waals surface area contributed by atoms with E-state index < -0.39 is 42.3 Å². The van der Waals surface area contributed by atoms with Crippen LogP contribution in [0.15, 0.2) is 76.5 Å². The SMILES string of the molecule is O=C(O)c1cc(S(=O)(=O)Nc2ccc(S(=O)(=O)Nc3ccc(Cl)cc3)cc2)ccc1F. The van der Waals surface area contributed by atoms with Crippen molar-refractivity contribution in [3.05, 3.63) is 83.1 Å². The topological polar surface area (TPSA) is 130 Å². The Labute approximate surface area is 182 Å². The molecule has 0 aliphatic carbocycles. The van der Waals surface area contributed by atoms with Crippen LogP contribution in [0.1, 0.15) is 10.4 Å². The lowest BCUT2D eigenvalue weighted by atomic mass is 10.2. The third-order valence-electron chi connectivity index (χ3n) is 3.99. The molecule has 0 saturated carbocycles. The van der Waals surface area contributed by atoms with Gasteiger partial charge < -0.3 is 5.11 Å². The zero-order valence-corrected chi connectivity index (χ0v) is 17.8. The van der Waals surface area contributed by atoms with Gasteiger partial charge in [0.05, 0.1) is 15.4 Å². The molecule has 31 heavy (non-hydrogen) atoms. The van der Waals surface area contributed by atoms with E-state index in [1.54, 1.807) is 0 Å². The predicted molar refractivity (Wildman–Crippen MR) is 113 cm³/mol. The summed E-state index contributed by atoms with van der Waals surface area (Å²) in [6, 6.07) is 13.1. The maximum absolute atomic E-state index is 13.5. The van der Waals surface area contributed by atoms with Crippen LogP contribution < -0.4 is 9.44 Å². The number of carboxylic acids is 1. The second kappa shape index (κ2) is 8.53. The molecule has 0 unspecified atom stereocenters. The van der Waals surface area contributed by atoms with Crippen LogP contribution in [0.4, 0.5) is 15.8 Å². The van der Waals surface area contributed by atoms with Gasteiger partial charge in [-0.05, 0) is 66.7 Å². The smallest absolute Gasteiger partial charge is 0.338 e. The van der Waals surface area contributed by atoms with E-state index in [1.807, 2.05) is 0 Å². The van der Waals surface area contributed by atoms with Gasteiger partial charge in [0.25, 0.3) is 20.0 Å². The van der Waals surface area contributed by atoms with E-state index in [0.29, 0.717) is 16.8 Å². The normalized spacial score (nSPS) is 11.7. The first kappa shape index (κ1) is 22.5. The molecule has 0 atom stereocenters. The minimum absolute atomic E-state index is 0.0200. The molecule has 0 amide bonds. The van der Waals surface area contributed by atoms with Gasteiger partial charge in [0.2, 0.25) is 0 Å². The summed E-state index contributed by atoms with van der Waals surface area (Å²) in [4.78, 5) is 10.4. The van der Waals surface area contributed by atoms with E-state index in [9.17, 15) is 26.0 Å². The van der Waals surface area contributed by atoms with Crippen LogP contribution >= 0.6 is 11.6 Å². The summed E-state index contributed by atoms with van der Waals surface area (Å²) in [7, 11) is -8.18. The highest BCUT2D eigenvalue weighted by atomic mass is 35.5. The predicted octanol–water partition coefficient (Wildman–Crippen LogP) is 3.78. The van der Waals surface area contributed by atoms with Crippen molar-refractivity contribution in [2.75, 3.05) is 9.44 Å². The zero-order chi connectivity index (χ0) is 22.8. The largest absolute Gasteiger partial charge is 0.478 e. The highest BCUT2D eigenvalue weighted by molar-refractivity contribution is 7.93. The molecule has 3 rings (SSSR count). The number of nitrogens with one attached hydrogen (secondary N) is 2. The van der Waals surface area contributed by atoms with Gasteiger partial charge in [-0.2, -0.15) is 0 Å². The summed E-state index contributed by atoms with van der Waals surface area (Å²) in [6.45, 7) is 0. The lowest BCUT2D eigenvalue weighted by molar-refractivity contribution is 0.0691. The standard InChI is InChI=1S/C19H14ClFN2O6S2/c20-12-1-3-13(4-2-12)22-30(26,27)15-7-5-14(6-8-15)23-31(28,29)16-9-10-18(21)17(11-16)19(24)25/h1-11,22-23H,(H,24,25). The van der Waals surface area contributed by atoms with E-state index in [0.717, 1.165) is 12.1 Å². The summed E-state index contributed by atoms with van der Waals surface area (Å²) in [6.07, 6.45) is 0. The number of aromatic carboxylic acids is 1. The van der Waals surface area contributed by atoms with Crippen molar-refractivity contribution < 1.29 is 31.1 Å². The third kappa shape index (κ3) is 5.32. The minimum atomic E-state index is -4.24. The molecule has 0 bridgehead atoms. The van der Waals surface area contributed by atoms with E-state index in [4.69, 9.17) is 16.7 Å². The molecule has 0 fully saturated rings. The Hall–Kier alpha value is -3.15. The van der Waals surface area contributed by atoms with Crippen molar-refractivity contribution >= 4 is 49.0 Å². The lowest BCUT2D eigenvalue weighted by Crippen LogP contribution is -2.15. The molecule has 0 aliphatic rings. The molecule has 0 spiro atoms. The summed E-state index contributed by atoms with van der Waals surface area (Å²) >= 11 is 5.77. The third-order valence-corrected chi connectivity index (χ3v) is 7.02. The van der Waals surface area contributed by atoms with Gasteiger partial charge in [-0.1, -0.05) is 11.6 Å². The van der Waals surface area contributed by atoms with Crippen LogP contribution in [0, 0.1) is 5.82 Å². The fourth-order valence-corrected chi connectivity index (χ4v) is 4.75. The average molecular weight is 485 g/mol. The van der Waals surface area contributed by atoms with Crippen LogP contribution in [-0.2, 0) is 20.0 Å². The molecule has 8 nitrogen and oxygen atoms in total. The molecule has 3 N–H and O–H groups in total. The number of carbonyl (C=O) groups is 1. The number of rotatable bonds is 7. The second-order valence-corrected chi connectivity index (χ2v) is 9.99. The average Bonchev–Trinajstić information content (AvgIpc) is 2.69. The van der Waals surface area contributed by atoms with Gasteiger partial charge in [-0.25, -0.2) is 26.0 Å². The highest BCUT2D eigenvalue weighted by Crippen LogP contribution is 2.22. The Morgan fingerprint density at radius 3 is 1.74 bits per heavy atom. The van der Waals surface area contributed by atoms with Crippen LogP contribution in [-0.4, -0.2) is 27.9 Å². The van der Waals surface area contributed by atoms with E-state index in [1.165, 1.54) is 48.5 Å². The van der Waals surface area contributed by atoms with Gasteiger partial charge in [0.15, 0.2) is 0 Å². The Balaban J connectivity index is 1.80. The van der Waals surface area contributed by atoms with Gasteiger partial charge in [0, 0.05) is 16.4 Å². The van der Waals surface area contributed by atoms with Crippen molar-refractivity contribution in [2.24, 2.45) is 0 Å². The number of halogens is 2. The number of anilines is 2. The molecule has 0 aliphatic heterocycles. The Morgan fingerprint density at radius 1 is 0.774 bits per heavy atom. The fraction of sp³-hybridized carbons (Fsp3) is 0. The molecule has 0 saturated heterocycles. The molecule has 3 aromatic carbocycles. The monoisotopic (exact) mass is 484 g/mol. The van der Waals surface area contributed by atoms with Crippen LogP contribution in [0.3, 0.4) is 0 Å². The molecule has 3 aromatic rings. The quantitative estimate of drug-likeness (QED) is 0.468. The fourth-order valence-electron chi connectivity index (χ4n) is 2.48. The van der Waals surface area contributed by atoms with Crippen molar-refractivity contribution in [3.8, 4) is 0 Å². The summed E-state index contributed by atoms with van der Waals surface area (Å²) in [5, 5.41) is 9.39. The maximum Gasteiger partial charge on any atom is 0.338 e. The molecular formula is C19H14ClFN2O6S2. The van der Waals surface area contributed by atoms with E-state index >= 15 is 0 Å². The molecule has 0 aromatic heterocycles. The van der Waals surface area contributed by atoms with Crippen LogP contribution in [0.25, 0.3) is 0 Å². The first-order valence-corrected chi connectivity index (χ1v) is 11.8. The number of carboxylic acid groups (broad SMARTS) is 1. The summed E-state index contributed by atoms with van der Waals surface area (Å²) in [5.74, 6) is -2.69. The summed E-state index contributed by atoms with van der Waals surface area (Å²) in [5.41, 5.74) is -0.482. The number of sulfonamides is 2. The van der Waals surface area contributed by atoms with Crippen molar-refractivity contribution in [3.63, 3.8) is 0 Å². The Bertz CT molecular complexity index is 1340. The first-order chi connectivity index (χ1) is 14.5. The zero-order valence-electron chi connectivity index (χ0n) is 15.4. The molecule has 12 heteroatoms. The van der Waals surface area contributed by atoms with Crippen LogP contribution in [0.2, 0.25) is 5.02 Å². The number of hydrogen-bond donors (Lipinski definition) is 3. The number of hydrogen-bond acceptors (Lipinski definition) is 5. The molecule has 162 valence electrons. The minimum Gasteiger partial charge on any atom is -0.478 e. The van der Waals surface area contributed by atoms with Crippen molar-refractivity contribution in [1.82, 2.24) is 0 Å².